The summed E-state index contributed by atoms with van der Waals surface area (Å²) >= 11 is 5.74. The van der Waals surface area contributed by atoms with Gasteiger partial charge in [-0.15, -0.1) is 0 Å². The highest BCUT2D eigenvalue weighted by molar-refractivity contribution is 6.39. The van der Waals surface area contributed by atoms with Gasteiger partial charge >= 0.3 is 11.8 Å². The molecule has 4 amide bonds. The first-order chi connectivity index (χ1) is 17.1. The van der Waals surface area contributed by atoms with Crippen LogP contribution in [0.2, 0.25) is 5.02 Å². The van der Waals surface area contributed by atoms with Crippen LogP contribution in [0.25, 0.3) is 11.1 Å². The van der Waals surface area contributed by atoms with E-state index in [2.05, 4.69) is 20.9 Å². The van der Waals surface area contributed by atoms with Gasteiger partial charge in [-0.2, -0.15) is 4.73 Å². The first-order valence-electron chi connectivity index (χ1n) is 10.7. The van der Waals surface area contributed by atoms with Gasteiger partial charge in [-0.05, 0) is 35.9 Å². The van der Waals surface area contributed by atoms with Crippen LogP contribution >= 0.6 is 11.6 Å². The van der Waals surface area contributed by atoms with Crippen LogP contribution < -0.4 is 20.7 Å². The van der Waals surface area contributed by atoms with E-state index in [1.165, 1.54) is 49.7 Å². The van der Waals surface area contributed by atoms with E-state index in [-0.39, 0.29) is 17.9 Å². The second-order valence-electron chi connectivity index (χ2n) is 7.81. The summed E-state index contributed by atoms with van der Waals surface area (Å²) in [5.74, 6) is -2.93. The zero-order valence-electron chi connectivity index (χ0n) is 19.4. The van der Waals surface area contributed by atoms with Crippen molar-refractivity contribution in [1.29, 1.82) is 0 Å². The van der Waals surface area contributed by atoms with Crippen LogP contribution in [0, 0.1) is 5.21 Å². The van der Waals surface area contributed by atoms with Crippen LogP contribution in [0.1, 0.15) is 10.4 Å². The van der Waals surface area contributed by atoms with Gasteiger partial charge in [0.05, 0.1) is 5.02 Å². The maximum Gasteiger partial charge on any atom is 0.314 e. The standard InChI is InChI=1S/C24H23ClN6O5/c1-30(2)24(35)19(13-27-22(33)23(34)29-20-10-9-18(25)12-26-20)28-21(32)16-7-5-15(6-8-16)17-4-3-11-31(36)14-17/h3-12,14,19H,13H2,1-2H3,(H,27,33)(H,28,32)(H,26,29,34). The summed E-state index contributed by atoms with van der Waals surface area (Å²) < 4.78 is 0.675. The number of carbonyl (C=O) groups excluding carboxylic acids is 4. The molecule has 1 aromatic carbocycles. The smallest absolute Gasteiger partial charge is 0.314 e. The van der Waals surface area contributed by atoms with Gasteiger partial charge in [-0.25, -0.2) is 4.98 Å². The number of hydrogen-bond acceptors (Lipinski definition) is 6. The fourth-order valence-corrected chi connectivity index (χ4v) is 3.20. The summed E-state index contributed by atoms with van der Waals surface area (Å²) in [7, 11) is 3.00. The van der Waals surface area contributed by atoms with E-state index in [1.54, 1.807) is 36.4 Å². The fraction of sp³-hybridized carbons (Fsp3) is 0.167. The summed E-state index contributed by atoms with van der Waals surface area (Å²) in [6.45, 7) is -0.325. The first kappa shape index (κ1) is 26.1. The Morgan fingerprint density at radius 3 is 2.36 bits per heavy atom. The number of halogens is 1. The van der Waals surface area contributed by atoms with Gasteiger partial charge in [-0.1, -0.05) is 23.7 Å². The molecule has 0 fully saturated rings. The third kappa shape index (κ3) is 7.00. The molecule has 3 rings (SSSR count). The van der Waals surface area contributed by atoms with E-state index in [0.717, 1.165) is 5.56 Å². The lowest BCUT2D eigenvalue weighted by molar-refractivity contribution is -0.604. The minimum atomic E-state index is -1.13. The lowest BCUT2D eigenvalue weighted by Gasteiger charge is -2.22. The van der Waals surface area contributed by atoms with Gasteiger partial charge in [0.15, 0.2) is 12.4 Å². The molecule has 186 valence electrons. The van der Waals surface area contributed by atoms with Crippen LogP contribution in [-0.2, 0) is 14.4 Å². The zero-order valence-corrected chi connectivity index (χ0v) is 20.2. The predicted molar refractivity (Wildman–Crippen MR) is 132 cm³/mol. The molecule has 0 aliphatic heterocycles. The van der Waals surface area contributed by atoms with Gasteiger partial charge in [0.2, 0.25) is 5.91 Å². The maximum atomic E-state index is 12.8. The van der Waals surface area contributed by atoms with E-state index < -0.39 is 29.7 Å². The van der Waals surface area contributed by atoms with Crippen molar-refractivity contribution in [1.82, 2.24) is 20.5 Å². The van der Waals surface area contributed by atoms with Gasteiger partial charge < -0.3 is 26.1 Å². The third-order valence-electron chi connectivity index (χ3n) is 4.94. The molecule has 1 unspecified atom stereocenters. The van der Waals surface area contributed by atoms with Crippen LogP contribution in [0.3, 0.4) is 0 Å². The highest BCUT2D eigenvalue weighted by Crippen LogP contribution is 2.18. The maximum absolute atomic E-state index is 12.8. The number of pyridine rings is 2. The average molecular weight is 511 g/mol. The SMILES string of the molecule is CN(C)C(=O)C(CNC(=O)C(=O)Nc1ccc(Cl)cn1)NC(=O)c1ccc(-c2ccc[n+]([O-])c2)cc1. The highest BCUT2D eigenvalue weighted by Gasteiger charge is 2.25. The molecule has 11 nitrogen and oxygen atoms in total. The number of nitrogens with one attached hydrogen (secondary N) is 3. The van der Waals surface area contributed by atoms with Crippen LogP contribution in [-0.4, -0.2) is 60.2 Å². The molecule has 3 N–H and O–H groups in total. The Balaban J connectivity index is 1.63. The van der Waals surface area contributed by atoms with Crippen molar-refractivity contribution >= 4 is 41.0 Å². The van der Waals surface area contributed by atoms with Crippen LogP contribution in [0.5, 0.6) is 0 Å². The van der Waals surface area contributed by atoms with Crippen LogP contribution in [0.4, 0.5) is 5.82 Å². The van der Waals surface area contributed by atoms with Crippen molar-refractivity contribution in [3.05, 3.63) is 82.9 Å². The summed E-state index contributed by atoms with van der Waals surface area (Å²) in [4.78, 5) is 54.9. The number of benzene rings is 1. The summed E-state index contributed by atoms with van der Waals surface area (Å²) in [5.41, 5.74) is 1.67. The molecule has 36 heavy (non-hydrogen) atoms. The zero-order chi connectivity index (χ0) is 26.2. The number of nitrogens with zero attached hydrogens (tertiary/aromatic N) is 3. The second-order valence-corrected chi connectivity index (χ2v) is 8.25. The fourth-order valence-electron chi connectivity index (χ4n) is 3.09. The molecule has 0 saturated heterocycles. The van der Waals surface area contributed by atoms with E-state index in [9.17, 15) is 24.4 Å². The van der Waals surface area contributed by atoms with E-state index in [4.69, 9.17) is 11.6 Å². The number of hydrogen-bond donors (Lipinski definition) is 3. The number of aromatic nitrogens is 2. The predicted octanol–water partition coefficient (Wildman–Crippen LogP) is 0.977. The largest absolute Gasteiger partial charge is 0.619 e. The van der Waals surface area contributed by atoms with Crippen molar-refractivity contribution < 1.29 is 23.9 Å². The highest BCUT2D eigenvalue weighted by atomic mass is 35.5. The van der Waals surface area contributed by atoms with Gasteiger partial charge in [0.25, 0.3) is 5.91 Å². The Morgan fingerprint density at radius 1 is 1.03 bits per heavy atom. The Labute approximate surface area is 211 Å². The van der Waals surface area contributed by atoms with Crippen molar-refractivity contribution in [3.63, 3.8) is 0 Å². The second kappa shape index (κ2) is 11.8. The molecule has 1 atom stereocenters. The molecule has 2 heterocycles. The topological polar surface area (TPSA) is 147 Å². The minimum Gasteiger partial charge on any atom is -0.619 e. The van der Waals surface area contributed by atoms with Gasteiger partial charge in [0.1, 0.15) is 11.9 Å². The van der Waals surface area contributed by atoms with Gasteiger partial charge in [0, 0.05) is 44.0 Å². The molecule has 0 aliphatic rings. The number of likely N-dealkylation sites (N-methyl/N-ethyl adjacent to an activating group) is 1. The van der Waals surface area contributed by atoms with Gasteiger partial charge in [-0.3, -0.25) is 19.2 Å². The van der Waals surface area contributed by atoms with Crippen molar-refractivity contribution in [2.24, 2.45) is 0 Å². The molecular formula is C24H23ClN6O5. The summed E-state index contributed by atoms with van der Waals surface area (Å²) in [6.07, 6.45) is 4.08. The molecule has 0 saturated carbocycles. The minimum absolute atomic E-state index is 0.123. The normalized spacial score (nSPS) is 11.2. The monoisotopic (exact) mass is 510 g/mol. The molecule has 3 aromatic rings. The van der Waals surface area contributed by atoms with Crippen molar-refractivity contribution in [2.45, 2.75) is 6.04 Å². The molecule has 12 heteroatoms. The molecule has 0 aliphatic carbocycles. The number of rotatable bonds is 7. The van der Waals surface area contributed by atoms with Crippen molar-refractivity contribution in [2.75, 3.05) is 26.0 Å². The Morgan fingerprint density at radius 2 is 1.75 bits per heavy atom. The molecule has 0 radical (unpaired) electrons. The Hall–Kier alpha value is -4.51. The Bertz CT molecular complexity index is 1260. The summed E-state index contributed by atoms with van der Waals surface area (Å²) in [5, 5.41) is 19.1. The molecule has 0 spiro atoms. The van der Waals surface area contributed by atoms with E-state index >= 15 is 0 Å². The molecular weight excluding hydrogens is 488 g/mol. The van der Waals surface area contributed by atoms with E-state index in [1.807, 2.05) is 0 Å². The quantitative estimate of drug-likeness (QED) is 0.245. The lowest BCUT2D eigenvalue weighted by atomic mass is 10.1. The number of anilines is 1. The average Bonchev–Trinajstić information content (AvgIpc) is 2.87. The molecule has 0 bridgehead atoms. The first-order valence-corrected chi connectivity index (χ1v) is 11.0. The van der Waals surface area contributed by atoms with Crippen LogP contribution in [0.15, 0.2) is 67.1 Å². The Kier molecular flexibility index (Phi) is 8.52. The third-order valence-corrected chi connectivity index (χ3v) is 5.17. The number of carbonyl (C=O) groups is 4. The summed E-state index contributed by atoms with van der Waals surface area (Å²) in [6, 6.07) is 11.6. The van der Waals surface area contributed by atoms with Crippen molar-refractivity contribution in [3.8, 4) is 11.1 Å². The molecule has 2 aromatic heterocycles. The van der Waals surface area contributed by atoms with E-state index in [0.29, 0.717) is 15.3 Å². The number of amides is 4. The lowest BCUT2D eigenvalue weighted by Crippen LogP contribution is -2.53.